The summed E-state index contributed by atoms with van der Waals surface area (Å²) in [5, 5.41) is 16.1. The molecule has 2 aliphatic rings. The van der Waals surface area contributed by atoms with Gasteiger partial charge in [0.25, 0.3) is 5.91 Å². The second kappa shape index (κ2) is 8.48. The SMILES string of the molecule is Cc1c(C(=O)NC2CCN(CC3CCCC3)CC2)cnn1CCC#N. The average Bonchev–Trinajstić information content (AvgIpc) is 3.24. The number of amides is 1. The Hall–Kier alpha value is -1.87. The van der Waals surface area contributed by atoms with Gasteiger partial charge in [0, 0.05) is 31.4 Å². The van der Waals surface area contributed by atoms with Crippen LogP contribution >= 0.6 is 0 Å². The van der Waals surface area contributed by atoms with Crippen molar-refractivity contribution in [3.8, 4) is 6.07 Å². The molecule has 25 heavy (non-hydrogen) atoms. The first kappa shape index (κ1) is 17.9. The van der Waals surface area contributed by atoms with E-state index in [-0.39, 0.29) is 11.9 Å². The van der Waals surface area contributed by atoms with Gasteiger partial charge in [0.1, 0.15) is 0 Å². The molecule has 0 radical (unpaired) electrons. The molecule has 2 fully saturated rings. The maximum absolute atomic E-state index is 12.5. The van der Waals surface area contributed by atoms with Crippen LogP contribution in [0.1, 0.15) is 61.0 Å². The molecule has 0 unspecified atom stereocenters. The second-order valence-electron chi connectivity index (χ2n) is 7.47. The Morgan fingerprint density at radius 1 is 1.32 bits per heavy atom. The van der Waals surface area contributed by atoms with Crippen molar-refractivity contribution in [3.05, 3.63) is 17.5 Å². The van der Waals surface area contributed by atoms with Crippen LogP contribution in [0.5, 0.6) is 0 Å². The van der Waals surface area contributed by atoms with E-state index < -0.39 is 0 Å². The van der Waals surface area contributed by atoms with Crippen molar-refractivity contribution in [2.45, 2.75) is 64.5 Å². The van der Waals surface area contributed by atoms with Gasteiger partial charge >= 0.3 is 0 Å². The van der Waals surface area contributed by atoms with Gasteiger partial charge in [0.15, 0.2) is 0 Å². The number of aryl methyl sites for hydroxylation is 1. The molecular formula is C19H29N5O. The number of rotatable bonds is 6. The second-order valence-corrected chi connectivity index (χ2v) is 7.47. The minimum atomic E-state index is -0.0325. The van der Waals surface area contributed by atoms with Crippen molar-refractivity contribution >= 4 is 5.91 Å². The van der Waals surface area contributed by atoms with E-state index in [0.29, 0.717) is 18.5 Å². The molecule has 1 aromatic rings. The first-order valence-electron chi connectivity index (χ1n) is 9.60. The van der Waals surface area contributed by atoms with Gasteiger partial charge in [-0.1, -0.05) is 12.8 Å². The number of carbonyl (C=O) groups excluding carboxylic acids is 1. The van der Waals surface area contributed by atoms with E-state index >= 15 is 0 Å². The van der Waals surface area contributed by atoms with Crippen molar-refractivity contribution in [2.75, 3.05) is 19.6 Å². The molecule has 2 heterocycles. The molecule has 1 aliphatic carbocycles. The van der Waals surface area contributed by atoms with E-state index in [2.05, 4.69) is 21.4 Å². The summed E-state index contributed by atoms with van der Waals surface area (Å²) >= 11 is 0. The number of hydrogen-bond donors (Lipinski definition) is 1. The highest BCUT2D eigenvalue weighted by Crippen LogP contribution is 2.26. The Bertz CT molecular complexity index is 618. The number of carbonyl (C=O) groups is 1. The van der Waals surface area contributed by atoms with Crippen LogP contribution < -0.4 is 5.32 Å². The fourth-order valence-electron chi connectivity index (χ4n) is 4.13. The van der Waals surface area contributed by atoms with Crippen LogP contribution in [-0.2, 0) is 6.54 Å². The Morgan fingerprint density at radius 3 is 2.72 bits per heavy atom. The number of piperidine rings is 1. The van der Waals surface area contributed by atoms with Gasteiger partial charge in [-0.15, -0.1) is 0 Å². The molecule has 0 atom stereocenters. The molecular weight excluding hydrogens is 314 g/mol. The fraction of sp³-hybridized carbons (Fsp3) is 0.737. The van der Waals surface area contributed by atoms with Gasteiger partial charge in [-0.2, -0.15) is 10.4 Å². The Balaban J connectivity index is 1.46. The van der Waals surface area contributed by atoms with Gasteiger partial charge in [-0.25, -0.2) is 0 Å². The molecule has 1 amide bonds. The van der Waals surface area contributed by atoms with Crippen molar-refractivity contribution in [1.29, 1.82) is 5.26 Å². The topological polar surface area (TPSA) is 74.0 Å². The number of aromatic nitrogens is 2. The zero-order valence-electron chi connectivity index (χ0n) is 15.2. The Labute approximate surface area is 150 Å². The summed E-state index contributed by atoms with van der Waals surface area (Å²) in [7, 11) is 0. The van der Waals surface area contributed by atoms with Crippen LogP contribution in [-0.4, -0.2) is 46.3 Å². The lowest BCUT2D eigenvalue weighted by Crippen LogP contribution is -2.45. The van der Waals surface area contributed by atoms with Crippen molar-refractivity contribution in [3.63, 3.8) is 0 Å². The lowest BCUT2D eigenvalue weighted by atomic mass is 10.0. The zero-order valence-corrected chi connectivity index (χ0v) is 15.2. The summed E-state index contributed by atoms with van der Waals surface area (Å²) in [5.41, 5.74) is 1.47. The summed E-state index contributed by atoms with van der Waals surface area (Å²) in [5.74, 6) is 0.864. The first-order valence-corrected chi connectivity index (χ1v) is 9.60. The summed E-state index contributed by atoms with van der Waals surface area (Å²) in [6.45, 7) is 5.84. The number of nitrogens with zero attached hydrogens (tertiary/aromatic N) is 4. The maximum atomic E-state index is 12.5. The number of nitrogens with one attached hydrogen (secondary N) is 1. The minimum absolute atomic E-state index is 0.0325. The number of hydrogen-bond acceptors (Lipinski definition) is 4. The van der Waals surface area contributed by atoms with Gasteiger partial charge in [-0.05, 0) is 38.5 Å². The van der Waals surface area contributed by atoms with E-state index in [4.69, 9.17) is 5.26 Å². The monoisotopic (exact) mass is 343 g/mol. The van der Waals surface area contributed by atoms with Gasteiger partial charge in [0.05, 0.1) is 30.8 Å². The fourth-order valence-corrected chi connectivity index (χ4v) is 4.13. The van der Waals surface area contributed by atoms with E-state index in [1.54, 1.807) is 10.9 Å². The third kappa shape index (κ3) is 4.60. The van der Waals surface area contributed by atoms with Crippen LogP contribution in [0, 0.1) is 24.2 Å². The smallest absolute Gasteiger partial charge is 0.254 e. The number of nitriles is 1. The van der Waals surface area contributed by atoms with Gasteiger partial charge in [0.2, 0.25) is 0 Å². The predicted molar refractivity (Wildman–Crippen MR) is 96.1 cm³/mol. The van der Waals surface area contributed by atoms with Crippen LogP contribution in [0.4, 0.5) is 0 Å². The minimum Gasteiger partial charge on any atom is -0.349 e. The molecule has 1 N–H and O–H groups in total. The third-order valence-electron chi connectivity index (χ3n) is 5.70. The molecule has 3 rings (SSSR count). The molecule has 6 nitrogen and oxygen atoms in total. The molecule has 1 aliphatic heterocycles. The van der Waals surface area contributed by atoms with Crippen LogP contribution in [0.3, 0.4) is 0 Å². The van der Waals surface area contributed by atoms with Crippen LogP contribution in [0.15, 0.2) is 6.20 Å². The Morgan fingerprint density at radius 2 is 2.04 bits per heavy atom. The highest BCUT2D eigenvalue weighted by atomic mass is 16.1. The van der Waals surface area contributed by atoms with Crippen LogP contribution in [0.2, 0.25) is 0 Å². The lowest BCUT2D eigenvalue weighted by Gasteiger charge is -2.33. The average molecular weight is 343 g/mol. The molecule has 0 aromatic carbocycles. The molecule has 0 bridgehead atoms. The predicted octanol–water partition coefficient (Wildman–Crippen LogP) is 2.49. The highest BCUT2D eigenvalue weighted by Gasteiger charge is 2.25. The van der Waals surface area contributed by atoms with E-state index in [9.17, 15) is 4.79 Å². The Kier molecular flexibility index (Phi) is 6.09. The number of likely N-dealkylation sites (tertiary alicyclic amines) is 1. The van der Waals surface area contributed by atoms with Crippen molar-refractivity contribution < 1.29 is 4.79 Å². The maximum Gasteiger partial charge on any atom is 0.254 e. The van der Waals surface area contributed by atoms with Gasteiger partial charge < -0.3 is 10.2 Å². The van der Waals surface area contributed by atoms with Crippen molar-refractivity contribution in [1.82, 2.24) is 20.0 Å². The van der Waals surface area contributed by atoms with Gasteiger partial charge in [-0.3, -0.25) is 9.48 Å². The highest BCUT2D eigenvalue weighted by molar-refractivity contribution is 5.95. The standard InChI is InChI=1S/C19H29N5O/c1-15-18(13-21-24(15)10-4-9-20)19(25)22-17-7-11-23(12-8-17)14-16-5-2-3-6-16/h13,16-17H,2-8,10-12,14H2,1H3,(H,22,25). The van der Waals surface area contributed by atoms with Crippen LogP contribution in [0.25, 0.3) is 0 Å². The lowest BCUT2D eigenvalue weighted by molar-refractivity contribution is 0.0905. The molecule has 1 saturated heterocycles. The third-order valence-corrected chi connectivity index (χ3v) is 5.70. The molecule has 1 saturated carbocycles. The van der Waals surface area contributed by atoms with E-state index in [0.717, 1.165) is 37.5 Å². The van der Waals surface area contributed by atoms with E-state index in [1.165, 1.54) is 32.2 Å². The molecule has 136 valence electrons. The normalized spacial score (nSPS) is 19.8. The molecule has 6 heteroatoms. The first-order chi connectivity index (χ1) is 12.2. The largest absolute Gasteiger partial charge is 0.349 e. The summed E-state index contributed by atoms with van der Waals surface area (Å²) in [4.78, 5) is 15.1. The quantitative estimate of drug-likeness (QED) is 0.861. The summed E-state index contributed by atoms with van der Waals surface area (Å²) in [6.07, 6.45) is 9.68. The summed E-state index contributed by atoms with van der Waals surface area (Å²) < 4.78 is 1.74. The van der Waals surface area contributed by atoms with E-state index in [1.807, 2.05) is 6.92 Å². The summed E-state index contributed by atoms with van der Waals surface area (Å²) in [6, 6.07) is 2.37. The molecule has 1 aromatic heterocycles. The van der Waals surface area contributed by atoms with Crippen molar-refractivity contribution in [2.24, 2.45) is 5.92 Å². The zero-order chi connectivity index (χ0) is 17.6. The molecule has 0 spiro atoms.